The maximum absolute atomic E-state index is 4.24. The first-order valence-corrected chi connectivity index (χ1v) is 8.72. The van der Waals surface area contributed by atoms with Gasteiger partial charge in [-0.2, -0.15) is 0 Å². The zero-order chi connectivity index (χ0) is 8.48. The summed E-state index contributed by atoms with van der Waals surface area (Å²) < 4.78 is 0. The summed E-state index contributed by atoms with van der Waals surface area (Å²) >= 11 is 1.89. The van der Waals surface area contributed by atoms with Crippen molar-refractivity contribution >= 4 is 18.4 Å². The number of nitrogens with one attached hydrogen (secondary N) is 1. The molecule has 0 aliphatic heterocycles. The number of hydrogen-bond acceptors (Lipinski definition) is 2. The third-order valence-corrected chi connectivity index (χ3v) is 4.51. The van der Waals surface area contributed by atoms with Gasteiger partial charge in [-0.25, -0.2) is 4.98 Å². The third-order valence-electron chi connectivity index (χ3n) is 1.08. The molecular formula is C7H14N2SSi. The van der Waals surface area contributed by atoms with Gasteiger partial charge in [0.15, 0.2) is 5.16 Å². The largest absolute Gasteiger partial charge is 0.338 e. The van der Waals surface area contributed by atoms with Crippen LogP contribution in [0.2, 0.25) is 19.6 Å². The molecule has 0 spiro atoms. The summed E-state index contributed by atoms with van der Waals surface area (Å²) in [6, 6.07) is 0. The lowest BCUT2D eigenvalue weighted by atomic mass is 10.6. The Kier molecular flexibility index (Phi) is 2.44. The van der Waals surface area contributed by atoms with Crippen LogP contribution in [0.5, 0.6) is 0 Å². The fraction of sp³-hybridized carbons (Fsp3) is 0.571. The highest BCUT2D eigenvalue weighted by atomic mass is 32.4. The number of hydrogen-bond donors (Lipinski definition) is 1. The molecule has 0 atom stereocenters. The van der Waals surface area contributed by atoms with E-state index in [1.807, 2.05) is 24.3 Å². The molecule has 1 aromatic rings. The molecule has 2 nitrogen and oxygen atoms in total. The van der Waals surface area contributed by atoms with Gasteiger partial charge in [-0.05, 0) is 6.92 Å². The number of aromatic nitrogens is 2. The van der Waals surface area contributed by atoms with E-state index >= 15 is 0 Å². The summed E-state index contributed by atoms with van der Waals surface area (Å²) in [6.07, 6.45) is 1.88. The zero-order valence-corrected chi connectivity index (χ0v) is 9.25. The van der Waals surface area contributed by atoms with Crippen LogP contribution in [0.15, 0.2) is 11.4 Å². The van der Waals surface area contributed by atoms with Crippen LogP contribution in [0.3, 0.4) is 0 Å². The monoisotopic (exact) mass is 186 g/mol. The molecule has 0 saturated heterocycles. The van der Waals surface area contributed by atoms with E-state index in [0.29, 0.717) is 0 Å². The first-order valence-electron chi connectivity index (χ1n) is 3.68. The number of rotatable bonds is 2. The molecule has 1 N–H and O–H groups in total. The second-order valence-corrected chi connectivity index (χ2v) is 12.7. The van der Waals surface area contributed by atoms with Crippen LogP contribution < -0.4 is 0 Å². The lowest BCUT2D eigenvalue weighted by molar-refractivity contribution is 1.05. The molecule has 1 heterocycles. The Hall–Kier alpha value is -0.223. The van der Waals surface area contributed by atoms with E-state index in [1.54, 1.807) is 0 Å². The second kappa shape index (κ2) is 3.03. The molecule has 11 heavy (non-hydrogen) atoms. The minimum absolute atomic E-state index is 1.06. The van der Waals surface area contributed by atoms with Crippen molar-refractivity contribution in [3.05, 3.63) is 11.9 Å². The Morgan fingerprint density at radius 2 is 2.09 bits per heavy atom. The van der Waals surface area contributed by atoms with Gasteiger partial charge in [0.1, 0.15) is 7.22 Å². The molecule has 1 aromatic heterocycles. The van der Waals surface area contributed by atoms with Gasteiger partial charge < -0.3 is 4.98 Å². The molecule has 0 aromatic carbocycles. The predicted molar refractivity (Wildman–Crippen MR) is 52.5 cm³/mol. The molecule has 0 radical (unpaired) electrons. The Morgan fingerprint density at radius 1 is 1.45 bits per heavy atom. The van der Waals surface area contributed by atoms with Crippen LogP contribution in [-0.2, 0) is 0 Å². The summed E-state index contributed by atoms with van der Waals surface area (Å²) in [5.74, 6) is 0. The molecule has 0 fully saturated rings. The van der Waals surface area contributed by atoms with Crippen LogP contribution in [0.25, 0.3) is 0 Å². The van der Waals surface area contributed by atoms with Gasteiger partial charge in [0.25, 0.3) is 0 Å². The summed E-state index contributed by atoms with van der Waals surface area (Å²) in [5, 5.41) is 1.07. The van der Waals surface area contributed by atoms with E-state index in [-0.39, 0.29) is 0 Å². The topological polar surface area (TPSA) is 28.7 Å². The molecule has 62 valence electrons. The van der Waals surface area contributed by atoms with E-state index in [4.69, 9.17) is 0 Å². The fourth-order valence-electron chi connectivity index (χ4n) is 0.731. The Balaban J connectivity index is 2.65. The number of H-pyrrole nitrogens is 1. The standard InChI is InChI=1S/C7H14N2SSi/c1-6-5-8-7(9-6)10-11(2,3)4/h5H,1-4H3,(H,8,9). The van der Waals surface area contributed by atoms with E-state index in [2.05, 4.69) is 29.6 Å². The Bertz CT molecular complexity index is 239. The summed E-state index contributed by atoms with van der Waals surface area (Å²) in [5.41, 5.74) is 1.14. The summed E-state index contributed by atoms with van der Waals surface area (Å²) in [7, 11) is -1.06. The van der Waals surface area contributed by atoms with Crippen LogP contribution in [0, 0.1) is 6.92 Å². The van der Waals surface area contributed by atoms with Crippen molar-refractivity contribution in [2.24, 2.45) is 0 Å². The van der Waals surface area contributed by atoms with Crippen molar-refractivity contribution in [3.8, 4) is 0 Å². The summed E-state index contributed by atoms with van der Waals surface area (Å²) in [6.45, 7) is 8.97. The zero-order valence-electron chi connectivity index (χ0n) is 7.43. The molecule has 1 rings (SSSR count). The first-order chi connectivity index (χ1) is 4.97. The van der Waals surface area contributed by atoms with Crippen molar-refractivity contribution in [3.63, 3.8) is 0 Å². The highest BCUT2D eigenvalue weighted by Gasteiger charge is 2.16. The van der Waals surface area contributed by atoms with Crippen molar-refractivity contribution < 1.29 is 0 Å². The molecule has 0 amide bonds. The van der Waals surface area contributed by atoms with E-state index < -0.39 is 7.22 Å². The second-order valence-electron chi connectivity index (χ2n) is 3.59. The van der Waals surface area contributed by atoms with E-state index in [0.717, 1.165) is 10.9 Å². The van der Waals surface area contributed by atoms with Gasteiger partial charge in [0.05, 0.1) is 0 Å². The number of nitrogens with zero attached hydrogens (tertiary/aromatic N) is 1. The highest BCUT2D eigenvalue weighted by Crippen LogP contribution is 2.25. The molecule has 4 heteroatoms. The Labute approximate surface area is 72.5 Å². The SMILES string of the molecule is Cc1cnc(S[Si](C)(C)C)[nH]1. The third kappa shape index (κ3) is 3.12. The quantitative estimate of drug-likeness (QED) is 0.719. The molecule has 0 aliphatic carbocycles. The van der Waals surface area contributed by atoms with Crippen molar-refractivity contribution in [2.45, 2.75) is 31.7 Å². The van der Waals surface area contributed by atoms with Gasteiger partial charge in [-0.15, -0.1) is 11.2 Å². The lowest BCUT2D eigenvalue weighted by Crippen LogP contribution is -2.13. The summed E-state index contributed by atoms with van der Waals surface area (Å²) in [4.78, 5) is 7.46. The van der Waals surface area contributed by atoms with Gasteiger partial charge in [0.2, 0.25) is 0 Å². The van der Waals surface area contributed by atoms with Gasteiger partial charge in [-0.1, -0.05) is 19.6 Å². The number of imidazole rings is 1. The Morgan fingerprint density at radius 3 is 2.45 bits per heavy atom. The number of aryl methyl sites for hydroxylation is 1. The maximum Gasteiger partial charge on any atom is 0.159 e. The minimum Gasteiger partial charge on any atom is -0.338 e. The van der Waals surface area contributed by atoms with Crippen molar-refractivity contribution in [1.29, 1.82) is 0 Å². The average Bonchev–Trinajstić information content (AvgIpc) is 2.10. The maximum atomic E-state index is 4.24. The van der Waals surface area contributed by atoms with Crippen LogP contribution in [0.4, 0.5) is 0 Å². The van der Waals surface area contributed by atoms with Crippen LogP contribution in [0.1, 0.15) is 5.69 Å². The molecular weight excluding hydrogens is 172 g/mol. The van der Waals surface area contributed by atoms with Gasteiger partial charge >= 0.3 is 0 Å². The van der Waals surface area contributed by atoms with Crippen molar-refractivity contribution in [1.82, 2.24) is 9.97 Å². The normalized spacial score (nSPS) is 12.0. The molecule has 0 bridgehead atoms. The lowest BCUT2D eigenvalue weighted by Gasteiger charge is -2.11. The van der Waals surface area contributed by atoms with E-state index in [1.165, 1.54) is 0 Å². The first kappa shape index (κ1) is 8.87. The minimum atomic E-state index is -1.06. The smallest absolute Gasteiger partial charge is 0.159 e. The predicted octanol–water partition coefficient (Wildman–Crippen LogP) is 2.65. The fourth-order valence-corrected chi connectivity index (χ4v) is 3.68. The van der Waals surface area contributed by atoms with Gasteiger partial charge in [-0.3, -0.25) is 0 Å². The molecule has 0 aliphatic rings. The van der Waals surface area contributed by atoms with Crippen LogP contribution in [-0.4, -0.2) is 17.2 Å². The molecule has 0 saturated carbocycles. The van der Waals surface area contributed by atoms with Gasteiger partial charge in [0, 0.05) is 11.9 Å². The molecule has 0 unspecified atom stereocenters. The number of aromatic amines is 1. The van der Waals surface area contributed by atoms with Crippen molar-refractivity contribution in [2.75, 3.05) is 0 Å². The highest BCUT2D eigenvalue weighted by molar-refractivity contribution is 8.28. The van der Waals surface area contributed by atoms with E-state index in [9.17, 15) is 0 Å². The van der Waals surface area contributed by atoms with Crippen LogP contribution >= 0.6 is 11.2 Å². The average molecular weight is 186 g/mol.